The van der Waals surface area contributed by atoms with E-state index in [9.17, 15) is 68.1 Å². The number of amides is 9. The van der Waals surface area contributed by atoms with Crippen LogP contribution < -0.4 is 43.0 Å². The fourth-order valence-corrected chi connectivity index (χ4v) is 9.10. The summed E-state index contributed by atoms with van der Waals surface area (Å²) in [7, 11) is 0. The monoisotopic (exact) mass is 918 g/mol. The molecule has 3 aliphatic heterocycles. The molecule has 1 fully saturated rings. The van der Waals surface area contributed by atoms with Gasteiger partial charge in [-0.2, -0.15) is 0 Å². The molecule has 2 bridgehead atoms. The number of nitrogens with zero attached hydrogens (tertiary/aromatic N) is 1. The summed E-state index contributed by atoms with van der Waals surface area (Å²) in [6, 6.07) is -5.99. The maximum absolute atomic E-state index is 14.6. The number of nitrogens with one attached hydrogen (secondary N) is 8. The number of aliphatic hydroxyl groups excluding tert-OH is 3. The van der Waals surface area contributed by atoms with Gasteiger partial charge in [-0.1, -0.05) is 27.2 Å². The molecule has 3 aliphatic rings. The van der Waals surface area contributed by atoms with Crippen molar-refractivity contribution >= 4 is 75.2 Å². The lowest BCUT2D eigenvalue weighted by Gasteiger charge is -2.32. The maximum Gasteiger partial charge on any atom is 0.248 e. The standard InChI is InChI=1S/C39H54N10O14S/c1-4-16(2)31-36(60)42-11-29(55)43-25-15-64(63)38-21(20-6-5-18(51)7-22(20)46-38)9-23(33(57)41-12-30(56)47-31)44-37(61)32(17(3)27(53)14-50)48-35(59)26-8-19(52)13-49(26)39(62)24(10-28(40)54)45-34(25)58/h5-7,16-17,19,23-27,31-32,46,50-53H,4,8-15H2,1-3H3,(H2,40,54)(H,41,57)(H,42,60)(H,43,55)(H,44,61)(H,45,58)(H,47,56)(H,48,59)/t16-,17-,19+,23?,24-,25?,26-,27-,31-,32-,64?/m0/s1. The second kappa shape index (κ2) is 21.1. The average Bonchev–Trinajstić information content (AvgIpc) is 3.82. The molecule has 0 saturated carbocycles. The predicted molar refractivity (Wildman–Crippen MR) is 222 cm³/mol. The number of carbonyl (C=O) groups is 9. The molecule has 24 nitrogen and oxygen atoms in total. The van der Waals surface area contributed by atoms with Gasteiger partial charge in [0.15, 0.2) is 6.04 Å². The Kier molecular flexibility index (Phi) is 16.2. The van der Waals surface area contributed by atoms with Crippen molar-refractivity contribution in [3.8, 4) is 5.75 Å². The number of primary amides is 1. The lowest BCUT2D eigenvalue weighted by atomic mass is 9.93. The number of benzene rings is 1. The second-order valence-electron chi connectivity index (χ2n) is 16.1. The normalized spacial score (nSPS) is 28.5. The first kappa shape index (κ1) is 49.0. The number of phenolic OH excluding ortho intramolecular Hbond substituents is 1. The fourth-order valence-electron chi connectivity index (χ4n) is 7.70. The third-order valence-electron chi connectivity index (χ3n) is 11.5. The number of aromatic hydroxyl groups is 1. The van der Waals surface area contributed by atoms with E-state index in [-0.39, 0.29) is 27.2 Å². The van der Waals surface area contributed by atoms with Gasteiger partial charge < -0.3 is 77.8 Å². The van der Waals surface area contributed by atoms with E-state index in [1.807, 2.05) is 0 Å². The van der Waals surface area contributed by atoms with Crippen LogP contribution in [0, 0.1) is 11.8 Å². The number of H-pyrrole nitrogens is 1. The largest absolute Gasteiger partial charge is 0.610 e. The van der Waals surface area contributed by atoms with Crippen LogP contribution in [0.5, 0.6) is 5.75 Å². The van der Waals surface area contributed by atoms with Crippen LogP contribution in [-0.2, 0) is 60.7 Å². The zero-order valence-corrected chi connectivity index (χ0v) is 36.0. The number of aliphatic hydroxyl groups is 3. The van der Waals surface area contributed by atoms with Gasteiger partial charge in [-0.3, -0.25) is 43.2 Å². The molecular formula is C39H54N10O14S. The summed E-state index contributed by atoms with van der Waals surface area (Å²) in [5, 5.41) is 58.8. The highest BCUT2D eigenvalue weighted by Crippen LogP contribution is 2.31. The molecule has 11 atom stereocenters. The van der Waals surface area contributed by atoms with Gasteiger partial charge in [0, 0.05) is 53.5 Å². The van der Waals surface area contributed by atoms with Gasteiger partial charge in [0.2, 0.25) is 58.2 Å². The van der Waals surface area contributed by atoms with Gasteiger partial charge in [-0.05, 0) is 18.1 Å². The summed E-state index contributed by atoms with van der Waals surface area (Å²) < 4.78 is 14.6. The summed E-state index contributed by atoms with van der Waals surface area (Å²) in [4.78, 5) is 127. The Morgan fingerprint density at radius 1 is 0.891 bits per heavy atom. The summed E-state index contributed by atoms with van der Waals surface area (Å²) in [5.74, 6) is -12.1. The van der Waals surface area contributed by atoms with Crippen LogP contribution in [0.1, 0.15) is 45.6 Å². The number of aromatic amines is 1. The van der Waals surface area contributed by atoms with Crippen molar-refractivity contribution in [3.63, 3.8) is 0 Å². The molecule has 14 N–H and O–H groups in total. The Hall–Kier alpha value is -6.02. The Morgan fingerprint density at radius 2 is 1.56 bits per heavy atom. The lowest BCUT2D eigenvalue weighted by Crippen LogP contribution is -2.62. The van der Waals surface area contributed by atoms with E-state index in [4.69, 9.17) is 5.73 Å². The van der Waals surface area contributed by atoms with E-state index in [0.29, 0.717) is 6.42 Å². The van der Waals surface area contributed by atoms with E-state index in [2.05, 4.69) is 42.2 Å². The molecule has 1 saturated heterocycles. The van der Waals surface area contributed by atoms with Crippen molar-refractivity contribution in [3.05, 3.63) is 23.8 Å². The van der Waals surface area contributed by atoms with Crippen LogP contribution in [0.4, 0.5) is 0 Å². The van der Waals surface area contributed by atoms with Crippen molar-refractivity contribution in [1.29, 1.82) is 0 Å². The van der Waals surface area contributed by atoms with E-state index in [0.717, 1.165) is 4.90 Å². The molecule has 9 amide bonds. The Morgan fingerprint density at radius 3 is 2.22 bits per heavy atom. The Balaban J connectivity index is 1.73. The van der Waals surface area contributed by atoms with E-state index < -0.39 is 176 Å². The van der Waals surface area contributed by atoms with Crippen molar-refractivity contribution in [1.82, 2.24) is 47.1 Å². The summed E-state index contributed by atoms with van der Waals surface area (Å²) in [6.45, 7) is 1.76. The Bertz CT molecular complexity index is 2160. The first-order valence-corrected chi connectivity index (χ1v) is 21.9. The van der Waals surface area contributed by atoms with E-state index in [1.54, 1.807) is 13.8 Å². The molecule has 3 unspecified atom stereocenters. The fraction of sp³-hybridized carbons (Fsp3) is 0.564. The maximum atomic E-state index is 14.6. The smallest absolute Gasteiger partial charge is 0.248 e. The highest BCUT2D eigenvalue weighted by molar-refractivity contribution is 7.91. The van der Waals surface area contributed by atoms with Crippen molar-refractivity contribution in [2.24, 2.45) is 17.6 Å². The summed E-state index contributed by atoms with van der Waals surface area (Å²) in [6.07, 6.45) is -4.42. The minimum absolute atomic E-state index is 0.0800. The third kappa shape index (κ3) is 11.6. The molecule has 64 heavy (non-hydrogen) atoms. The van der Waals surface area contributed by atoms with Crippen LogP contribution in [0.15, 0.2) is 23.2 Å². The van der Waals surface area contributed by atoms with Gasteiger partial charge in [-0.15, -0.1) is 0 Å². The molecule has 0 spiro atoms. The molecule has 25 heteroatoms. The van der Waals surface area contributed by atoms with Gasteiger partial charge in [0.1, 0.15) is 41.7 Å². The molecule has 0 radical (unpaired) electrons. The van der Waals surface area contributed by atoms with Crippen molar-refractivity contribution in [2.75, 3.05) is 32.0 Å². The average molecular weight is 919 g/mol. The van der Waals surface area contributed by atoms with Crippen LogP contribution in [-0.4, -0.2) is 168 Å². The zero-order chi connectivity index (χ0) is 47.2. The molecule has 0 aliphatic carbocycles. The Labute approximate surface area is 368 Å². The van der Waals surface area contributed by atoms with Crippen LogP contribution in [0.3, 0.4) is 0 Å². The SMILES string of the molecule is CC[C@H](C)[C@@H]1NC(=O)CNC(=O)C2Cc3c([nH]c4cc(O)ccc34)[S+]([O-])CC(NC(=O)CNC1=O)C(=O)N[C@@H](CC(N)=O)C(=O)N1C[C@H](O)C[C@H]1C(=O)N[C@@H]([C@@H](C)[C@@H](O)CO)C(=O)N2. The number of nitrogens with two attached hydrogens (primary N) is 1. The molecule has 1 aromatic heterocycles. The summed E-state index contributed by atoms with van der Waals surface area (Å²) in [5.41, 5.74) is 5.73. The number of hydrogen-bond donors (Lipinski definition) is 13. The summed E-state index contributed by atoms with van der Waals surface area (Å²) >= 11 is -2.38. The highest BCUT2D eigenvalue weighted by Gasteiger charge is 2.45. The number of rotatable bonds is 7. The number of carbonyl (C=O) groups excluding carboxylic acids is 9. The second-order valence-corrected chi connectivity index (χ2v) is 17.6. The lowest BCUT2D eigenvalue weighted by molar-refractivity contribution is -0.144. The topological polar surface area (TPSA) is 387 Å². The predicted octanol–water partition coefficient (Wildman–Crippen LogP) is -5.92. The third-order valence-corrected chi connectivity index (χ3v) is 13.0. The first-order valence-electron chi connectivity index (χ1n) is 20.6. The number of aromatic nitrogens is 1. The number of fused-ring (bicyclic) bond motifs is 5. The van der Waals surface area contributed by atoms with Gasteiger partial charge in [0.05, 0.1) is 43.8 Å². The van der Waals surface area contributed by atoms with E-state index in [1.165, 1.54) is 25.1 Å². The van der Waals surface area contributed by atoms with Gasteiger partial charge in [0.25, 0.3) is 0 Å². The van der Waals surface area contributed by atoms with E-state index >= 15 is 0 Å². The molecule has 2 aromatic rings. The van der Waals surface area contributed by atoms with Crippen LogP contribution in [0.25, 0.3) is 10.9 Å². The van der Waals surface area contributed by atoms with Crippen molar-refractivity contribution in [2.45, 2.75) is 99.9 Å². The highest BCUT2D eigenvalue weighted by atomic mass is 32.2. The van der Waals surface area contributed by atoms with Crippen LogP contribution >= 0.6 is 0 Å². The minimum atomic E-state index is -2.38. The van der Waals surface area contributed by atoms with Gasteiger partial charge >= 0.3 is 0 Å². The number of hydrogen-bond acceptors (Lipinski definition) is 14. The molecule has 5 rings (SSSR count). The van der Waals surface area contributed by atoms with Crippen molar-refractivity contribution < 1.29 is 68.1 Å². The first-order chi connectivity index (χ1) is 30.2. The molecular weight excluding hydrogens is 865 g/mol. The number of phenols is 1. The zero-order valence-electron chi connectivity index (χ0n) is 35.2. The molecule has 350 valence electrons. The minimum Gasteiger partial charge on any atom is -0.610 e. The van der Waals surface area contributed by atoms with Gasteiger partial charge in [-0.25, -0.2) is 0 Å². The quantitative estimate of drug-likeness (QED) is 0.115. The molecule has 4 heterocycles. The molecule has 1 aromatic carbocycles. The van der Waals surface area contributed by atoms with Crippen LogP contribution in [0.2, 0.25) is 0 Å².